The lowest BCUT2D eigenvalue weighted by molar-refractivity contribution is 0.268. The molecule has 0 spiro atoms. The second kappa shape index (κ2) is 5.92. The fourth-order valence-electron chi connectivity index (χ4n) is 4.69. The molecule has 2 aliphatic carbocycles. The van der Waals surface area contributed by atoms with Crippen molar-refractivity contribution in [2.24, 2.45) is 11.8 Å². The van der Waals surface area contributed by atoms with Crippen molar-refractivity contribution in [3.05, 3.63) is 0 Å². The van der Waals surface area contributed by atoms with E-state index in [4.69, 9.17) is 0 Å². The largest absolute Gasteiger partial charge is 0.314 e. The molecular formula is C16H30N2. The minimum Gasteiger partial charge on any atom is -0.314 e. The zero-order valence-corrected chi connectivity index (χ0v) is 12.0. The first-order valence-electron chi connectivity index (χ1n) is 8.34. The quantitative estimate of drug-likeness (QED) is 0.801. The Labute approximate surface area is 112 Å². The Balaban J connectivity index is 1.53. The Bertz CT molecular complexity index is 254. The third kappa shape index (κ3) is 2.75. The van der Waals surface area contributed by atoms with Crippen molar-refractivity contribution in [1.82, 2.24) is 10.6 Å². The molecule has 18 heavy (non-hydrogen) atoms. The van der Waals surface area contributed by atoms with E-state index in [2.05, 4.69) is 17.6 Å². The van der Waals surface area contributed by atoms with Gasteiger partial charge < -0.3 is 10.6 Å². The summed E-state index contributed by atoms with van der Waals surface area (Å²) in [6, 6.07) is 2.37. The molecule has 2 saturated carbocycles. The average Bonchev–Trinajstić information content (AvgIpc) is 3.11. The van der Waals surface area contributed by atoms with E-state index >= 15 is 0 Å². The molecule has 0 radical (unpaired) electrons. The van der Waals surface area contributed by atoms with Crippen LogP contribution in [0.2, 0.25) is 0 Å². The SMILES string of the molecule is C[C@H](NC1CCCC1C1CCCN1)C1CCCC1. The van der Waals surface area contributed by atoms with E-state index in [1.54, 1.807) is 0 Å². The molecule has 3 rings (SSSR count). The van der Waals surface area contributed by atoms with Gasteiger partial charge in [-0.05, 0) is 63.8 Å². The summed E-state index contributed by atoms with van der Waals surface area (Å²) in [6.45, 7) is 3.69. The lowest BCUT2D eigenvalue weighted by atomic mass is 9.91. The minimum absolute atomic E-state index is 0.750. The van der Waals surface area contributed by atoms with Crippen molar-refractivity contribution < 1.29 is 0 Å². The average molecular weight is 250 g/mol. The molecule has 0 aromatic rings. The van der Waals surface area contributed by atoms with Gasteiger partial charge in [0.2, 0.25) is 0 Å². The van der Waals surface area contributed by atoms with Gasteiger partial charge in [-0.25, -0.2) is 0 Å². The van der Waals surface area contributed by atoms with Crippen LogP contribution in [0.3, 0.4) is 0 Å². The molecule has 2 heteroatoms. The maximum absolute atomic E-state index is 4.01. The van der Waals surface area contributed by atoms with Gasteiger partial charge in [0.1, 0.15) is 0 Å². The Morgan fingerprint density at radius 1 is 0.944 bits per heavy atom. The van der Waals surface area contributed by atoms with Gasteiger partial charge in [-0.15, -0.1) is 0 Å². The van der Waals surface area contributed by atoms with Crippen molar-refractivity contribution in [2.75, 3.05) is 6.54 Å². The lowest BCUT2D eigenvalue weighted by Gasteiger charge is -2.31. The predicted molar refractivity (Wildman–Crippen MR) is 76.7 cm³/mol. The summed E-state index contributed by atoms with van der Waals surface area (Å²) in [7, 11) is 0. The summed E-state index contributed by atoms with van der Waals surface area (Å²) in [5.74, 6) is 1.87. The smallest absolute Gasteiger partial charge is 0.0113 e. The van der Waals surface area contributed by atoms with Crippen LogP contribution < -0.4 is 10.6 Å². The highest BCUT2D eigenvalue weighted by molar-refractivity contribution is 4.94. The Morgan fingerprint density at radius 2 is 1.78 bits per heavy atom. The fourth-order valence-corrected chi connectivity index (χ4v) is 4.69. The van der Waals surface area contributed by atoms with Crippen molar-refractivity contribution in [3.63, 3.8) is 0 Å². The first kappa shape index (κ1) is 12.9. The molecule has 0 bridgehead atoms. The highest BCUT2D eigenvalue weighted by Crippen LogP contribution is 2.34. The molecule has 0 amide bonds. The number of hydrogen-bond donors (Lipinski definition) is 2. The van der Waals surface area contributed by atoms with Crippen LogP contribution in [-0.2, 0) is 0 Å². The molecule has 3 unspecified atom stereocenters. The maximum Gasteiger partial charge on any atom is 0.0113 e. The number of rotatable bonds is 4. The van der Waals surface area contributed by atoms with E-state index in [0.29, 0.717) is 0 Å². The summed E-state index contributed by atoms with van der Waals surface area (Å²) < 4.78 is 0. The van der Waals surface area contributed by atoms with Crippen molar-refractivity contribution in [3.8, 4) is 0 Å². The van der Waals surface area contributed by atoms with Gasteiger partial charge in [0, 0.05) is 18.1 Å². The van der Waals surface area contributed by atoms with Crippen molar-refractivity contribution >= 4 is 0 Å². The van der Waals surface area contributed by atoms with E-state index in [9.17, 15) is 0 Å². The van der Waals surface area contributed by atoms with Crippen molar-refractivity contribution in [1.29, 1.82) is 0 Å². The minimum atomic E-state index is 0.750. The van der Waals surface area contributed by atoms with Gasteiger partial charge >= 0.3 is 0 Å². The summed E-state index contributed by atoms with van der Waals surface area (Å²) in [4.78, 5) is 0. The van der Waals surface area contributed by atoms with E-state index < -0.39 is 0 Å². The molecular weight excluding hydrogens is 220 g/mol. The Hall–Kier alpha value is -0.0800. The van der Waals surface area contributed by atoms with Crippen LogP contribution >= 0.6 is 0 Å². The second-order valence-electron chi connectivity index (χ2n) is 6.90. The molecule has 3 aliphatic rings. The van der Waals surface area contributed by atoms with Gasteiger partial charge in [-0.3, -0.25) is 0 Å². The monoisotopic (exact) mass is 250 g/mol. The summed E-state index contributed by atoms with van der Waals surface area (Å²) in [5.41, 5.74) is 0. The first-order valence-corrected chi connectivity index (χ1v) is 8.34. The molecule has 2 nitrogen and oxygen atoms in total. The highest BCUT2D eigenvalue weighted by atomic mass is 15.0. The zero-order chi connectivity index (χ0) is 12.4. The lowest BCUT2D eigenvalue weighted by Crippen LogP contribution is -2.47. The fraction of sp³-hybridized carbons (Fsp3) is 1.00. The molecule has 1 heterocycles. The normalized spacial score (nSPS) is 39.5. The van der Waals surface area contributed by atoms with Gasteiger partial charge in [0.15, 0.2) is 0 Å². The topological polar surface area (TPSA) is 24.1 Å². The third-order valence-corrected chi connectivity index (χ3v) is 5.77. The molecule has 0 aromatic heterocycles. The molecule has 2 N–H and O–H groups in total. The first-order chi connectivity index (χ1) is 8.84. The van der Waals surface area contributed by atoms with Gasteiger partial charge in [0.05, 0.1) is 0 Å². The van der Waals surface area contributed by atoms with Gasteiger partial charge in [0.25, 0.3) is 0 Å². The maximum atomic E-state index is 4.01. The molecule has 1 saturated heterocycles. The summed E-state index contributed by atoms with van der Waals surface area (Å²) in [6.07, 6.45) is 13.0. The summed E-state index contributed by atoms with van der Waals surface area (Å²) in [5, 5.41) is 7.74. The molecule has 4 atom stereocenters. The molecule has 3 fully saturated rings. The van der Waals surface area contributed by atoms with Crippen LogP contribution in [0.5, 0.6) is 0 Å². The zero-order valence-electron chi connectivity index (χ0n) is 12.0. The predicted octanol–water partition coefficient (Wildman–Crippen LogP) is 3.08. The van der Waals surface area contributed by atoms with Crippen LogP contribution in [0.15, 0.2) is 0 Å². The second-order valence-corrected chi connectivity index (χ2v) is 6.90. The summed E-state index contributed by atoms with van der Waals surface area (Å²) >= 11 is 0. The van der Waals surface area contributed by atoms with Crippen LogP contribution in [0.1, 0.15) is 64.7 Å². The van der Waals surface area contributed by atoms with E-state index in [0.717, 1.165) is 30.0 Å². The van der Waals surface area contributed by atoms with Gasteiger partial charge in [-0.2, -0.15) is 0 Å². The highest BCUT2D eigenvalue weighted by Gasteiger charge is 2.36. The van der Waals surface area contributed by atoms with E-state index in [-0.39, 0.29) is 0 Å². The Kier molecular flexibility index (Phi) is 4.25. The molecule has 104 valence electrons. The van der Waals surface area contributed by atoms with Crippen molar-refractivity contribution in [2.45, 2.75) is 82.8 Å². The van der Waals surface area contributed by atoms with Gasteiger partial charge in [-0.1, -0.05) is 19.3 Å². The molecule has 1 aliphatic heterocycles. The Morgan fingerprint density at radius 3 is 2.50 bits per heavy atom. The number of hydrogen-bond acceptors (Lipinski definition) is 2. The van der Waals surface area contributed by atoms with E-state index in [1.807, 2.05) is 0 Å². The van der Waals surface area contributed by atoms with Crippen LogP contribution in [0.25, 0.3) is 0 Å². The molecule has 0 aromatic carbocycles. The van der Waals surface area contributed by atoms with Crippen LogP contribution in [0, 0.1) is 11.8 Å². The number of nitrogens with one attached hydrogen (secondary N) is 2. The standard InChI is InChI=1S/C16H30N2/c1-12(13-6-2-3-7-13)18-16-9-4-8-14(16)15-10-5-11-17-15/h12-18H,2-11H2,1H3/t12-,14?,15?,16?/m0/s1. The third-order valence-electron chi connectivity index (χ3n) is 5.77. The van der Waals surface area contributed by atoms with E-state index in [1.165, 1.54) is 64.3 Å². The van der Waals surface area contributed by atoms with Crippen LogP contribution in [0.4, 0.5) is 0 Å². The van der Waals surface area contributed by atoms with Crippen LogP contribution in [-0.4, -0.2) is 24.7 Å².